The molecule has 2 aliphatic rings. The zero-order valence-corrected chi connectivity index (χ0v) is 13.5. The van der Waals surface area contributed by atoms with E-state index in [1.54, 1.807) is 6.07 Å². The normalized spacial score (nSPS) is 31.8. The minimum atomic E-state index is 0.0902. The highest BCUT2D eigenvalue weighted by Crippen LogP contribution is 2.48. The smallest absolute Gasteiger partial charge is 0.223 e. The highest BCUT2D eigenvalue weighted by atomic mass is 35.5. The van der Waals surface area contributed by atoms with Gasteiger partial charge in [-0.3, -0.25) is 4.79 Å². The quantitative estimate of drug-likeness (QED) is 0.894. The molecule has 1 heterocycles. The fourth-order valence-electron chi connectivity index (χ4n) is 3.17. The zero-order chi connectivity index (χ0) is 15.0. The first-order chi connectivity index (χ1) is 10.0. The fourth-order valence-corrected chi connectivity index (χ4v) is 3.47. The van der Waals surface area contributed by atoms with Crippen molar-refractivity contribution in [2.24, 2.45) is 5.92 Å². The Morgan fingerprint density at radius 2 is 2.10 bits per heavy atom. The average Bonchev–Trinajstić information content (AvgIpc) is 3.22. The molecule has 114 valence electrons. The summed E-state index contributed by atoms with van der Waals surface area (Å²) in [5.74, 6) is 0.566. The number of carbonyl (C=O) groups excluding carboxylic acids is 1. The number of halogens is 2. The largest absolute Gasteiger partial charge is 0.353 e. The van der Waals surface area contributed by atoms with Gasteiger partial charge in [-0.2, -0.15) is 0 Å². The van der Waals surface area contributed by atoms with Gasteiger partial charge in [0.05, 0.1) is 10.0 Å². The van der Waals surface area contributed by atoms with E-state index in [0.717, 1.165) is 31.4 Å². The average molecular weight is 327 g/mol. The first-order valence-corrected chi connectivity index (χ1v) is 8.29. The van der Waals surface area contributed by atoms with Crippen molar-refractivity contribution in [3.63, 3.8) is 0 Å². The monoisotopic (exact) mass is 326 g/mol. The third-order valence-corrected chi connectivity index (χ3v) is 5.21. The summed E-state index contributed by atoms with van der Waals surface area (Å²) in [6, 6.07) is 6.45. The second-order valence-corrected chi connectivity index (χ2v) is 7.02. The molecular formula is C16H20Cl2N2O. The molecule has 0 bridgehead atoms. The van der Waals surface area contributed by atoms with Crippen molar-refractivity contribution in [2.45, 2.75) is 44.2 Å². The van der Waals surface area contributed by atoms with Gasteiger partial charge in [0, 0.05) is 18.0 Å². The van der Waals surface area contributed by atoms with E-state index in [9.17, 15) is 4.79 Å². The number of nitrogens with one attached hydrogen (secondary N) is 2. The lowest BCUT2D eigenvalue weighted by Gasteiger charge is -2.28. The minimum absolute atomic E-state index is 0.0902. The van der Waals surface area contributed by atoms with Gasteiger partial charge in [-0.15, -0.1) is 0 Å². The number of carbonyl (C=O) groups is 1. The van der Waals surface area contributed by atoms with E-state index in [-0.39, 0.29) is 11.8 Å². The Labute approximate surface area is 135 Å². The molecule has 2 fully saturated rings. The highest BCUT2D eigenvalue weighted by molar-refractivity contribution is 6.42. The summed E-state index contributed by atoms with van der Waals surface area (Å²) in [4.78, 5) is 12.3. The predicted octanol–water partition coefficient (Wildman–Crippen LogP) is 3.35. The van der Waals surface area contributed by atoms with Gasteiger partial charge in [-0.1, -0.05) is 29.3 Å². The maximum Gasteiger partial charge on any atom is 0.223 e. The summed E-state index contributed by atoms with van der Waals surface area (Å²) < 4.78 is 0. The summed E-state index contributed by atoms with van der Waals surface area (Å²) >= 11 is 12.0. The van der Waals surface area contributed by atoms with Gasteiger partial charge in [-0.05, 0) is 56.3 Å². The van der Waals surface area contributed by atoms with Crippen LogP contribution in [0.1, 0.15) is 37.7 Å². The molecule has 2 N–H and O–H groups in total. The summed E-state index contributed by atoms with van der Waals surface area (Å²) in [7, 11) is 0. The van der Waals surface area contributed by atoms with Crippen LogP contribution < -0.4 is 10.6 Å². The molecule has 1 aromatic carbocycles. The van der Waals surface area contributed by atoms with Crippen molar-refractivity contribution in [3.8, 4) is 0 Å². The Kier molecular flexibility index (Phi) is 4.43. The molecule has 3 rings (SSSR count). The molecule has 1 amide bonds. The summed E-state index contributed by atoms with van der Waals surface area (Å²) in [6.45, 7) is 3.14. The van der Waals surface area contributed by atoms with Gasteiger partial charge in [0.2, 0.25) is 5.91 Å². The topological polar surface area (TPSA) is 41.1 Å². The van der Waals surface area contributed by atoms with Crippen molar-refractivity contribution in [1.29, 1.82) is 0 Å². The van der Waals surface area contributed by atoms with Crippen molar-refractivity contribution >= 4 is 29.1 Å². The van der Waals surface area contributed by atoms with Gasteiger partial charge in [0.1, 0.15) is 0 Å². The van der Waals surface area contributed by atoms with Crippen LogP contribution in [0, 0.1) is 5.92 Å². The molecule has 1 aliphatic carbocycles. The van der Waals surface area contributed by atoms with Gasteiger partial charge in [-0.25, -0.2) is 0 Å². The van der Waals surface area contributed by atoms with Crippen molar-refractivity contribution in [2.75, 3.05) is 6.54 Å². The van der Waals surface area contributed by atoms with Crippen LogP contribution in [0.2, 0.25) is 10.0 Å². The lowest BCUT2D eigenvalue weighted by Crippen LogP contribution is -2.47. The van der Waals surface area contributed by atoms with E-state index in [0.29, 0.717) is 28.0 Å². The standard InChI is InChI=1S/C16H20Cl2N2O/c1-9-6-11(4-5-19-9)20-16(21)13-8-12(13)10-2-3-14(17)15(18)7-10/h2-3,7,9,11-13,19H,4-6,8H2,1H3,(H,20,21). The van der Waals surface area contributed by atoms with Crippen LogP contribution in [-0.2, 0) is 4.79 Å². The first-order valence-electron chi connectivity index (χ1n) is 7.53. The van der Waals surface area contributed by atoms with E-state index in [1.807, 2.05) is 12.1 Å². The maximum atomic E-state index is 12.3. The van der Waals surface area contributed by atoms with E-state index in [4.69, 9.17) is 23.2 Å². The molecule has 0 aromatic heterocycles. The molecule has 0 radical (unpaired) electrons. The molecule has 1 saturated carbocycles. The number of piperidine rings is 1. The van der Waals surface area contributed by atoms with Gasteiger partial charge in [0.15, 0.2) is 0 Å². The Balaban J connectivity index is 1.56. The van der Waals surface area contributed by atoms with Crippen LogP contribution in [0.4, 0.5) is 0 Å². The summed E-state index contributed by atoms with van der Waals surface area (Å²) in [5, 5.41) is 7.72. The summed E-state index contributed by atoms with van der Waals surface area (Å²) in [5.41, 5.74) is 1.11. The highest BCUT2D eigenvalue weighted by Gasteiger charge is 2.44. The van der Waals surface area contributed by atoms with Crippen LogP contribution in [0.3, 0.4) is 0 Å². The van der Waals surface area contributed by atoms with E-state index in [1.165, 1.54) is 0 Å². The van der Waals surface area contributed by atoms with Crippen molar-refractivity contribution < 1.29 is 4.79 Å². The Bertz CT molecular complexity index is 549. The Hall–Kier alpha value is -0.770. The van der Waals surface area contributed by atoms with Gasteiger partial charge >= 0.3 is 0 Å². The molecule has 0 spiro atoms. The molecule has 5 heteroatoms. The number of hydrogen-bond acceptors (Lipinski definition) is 2. The fraction of sp³-hybridized carbons (Fsp3) is 0.562. The third-order valence-electron chi connectivity index (χ3n) is 4.47. The third kappa shape index (κ3) is 3.53. The number of rotatable bonds is 3. The number of hydrogen-bond donors (Lipinski definition) is 2. The predicted molar refractivity (Wildman–Crippen MR) is 85.9 cm³/mol. The second-order valence-electron chi connectivity index (χ2n) is 6.21. The lowest BCUT2D eigenvalue weighted by molar-refractivity contribution is -0.123. The van der Waals surface area contributed by atoms with Crippen LogP contribution in [0.5, 0.6) is 0 Å². The number of amides is 1. The van der Waals surface area contributed by atoms with E-state index in [2.05, 4.69) is 17.6 Å². The minimum Gasteiger partial charge on any atom is -0.353 e. The lowest BCUT2D eigenvalue weighted by atomic mass is 10.0. The molecule has 1 aliphatic heterocycles. The summed E-state index contributed by atoms with van der Waals surface area (Å²) in [6.07, 6.45) is 2.93. The Morgan fingerprint density at radius 1 is 1.29 bits per heavy atom. The van der Waals surface area contributed by atoms with Crippen LogP contribution in [0.15, 0.2) is 18.2 Å². The van der Waals surface area contributed by atoms with Crippen molar-refractivity contribution in [1.82, 2.24) is 10.6 Å². The molecule has 1 aromatic rings. The molecule has 21 heavy (non-hydrogen) atoms. The molecule has 3 nitrogen and oxygen atoms in total. The molecule has 1 saturated heterocycles. The number of benzene rings is 1. The van der Waals surface area contributed by atoms with Crippen molar-refractivity contribution in [3.05, 3.63) is 33.8 Å². The SMILES string of the molecule is CC1CC(NC(=O)C2CC2c2ccc(Cl)c(Cl)c2)CCN1. The first kappa shape index (κ1) is 15.1. The second kappa shape index (κ2) is 6.15. The van der Waals surface area contributed by atoms with Gasteiger partial charge < -0.3 is 10.6 Å². The van der Waals surface area contributed by atoms with E-state index >= 15 is 0 Å². The zero-order valence-electron chi connectivity index (χ0n) is 12.0. The van der Waals surface area contributed by atoms with Gasteiger partial charge in [0.25, 0.3) is 0 Å². The van der Waals surface area contributed by atoms with Crippen LogP contribution in [0.25, 0.3) is 0 Å². The molecule has 4 atom stereocenters. The molecule has 4 unspecified atom stereocenters. The van der Waals surface area contributed by atoms with Crippen LogP contribution in [-0.4, -0.2) is 24.5 Å². The molecular weight excluding hydrogens is 307 g/mol. The van der Waals surface area contributed by atoms with E-state index < -0.39 is 0 Å². The Morgan fingerprint density at radius 3 is 2.81 bits per heavy atom. The maximum absolute atomic E-state index is 12.3. The van der Waals surface area contributed by atoms with Crippen LogP contribution >= 0.6 is 23.2 Å².